The molecule has 7 nitrogen and oxygen atoms in total. The van der Waals surface area contributed by atoms with Crippen LogP contribution in [-0.2, 0) is 19.2 Å². The zero-order chi connectivity index (χ0) is 27.7. The summed E-state index contributed by atoms with van der Waals surface area (Å²) < 4.78 is 14.5. The molecule has 3 aliphatic carbocycles. The number of Topliss-reactive ketones (excluding diaryl/α,β-unsaturated/α-hetero) is 2. The number of imide groups is 1. The number of phenolic OH excluding ortho intramolecular Hbond substituents is 1. The number of fused-ring (bicyclic) bond motifs is 3. The number of para-hydroxylation sites is 1. The second kappa shape index (κ2) is 8.80. The first-order chi connectivity index (χ1) is 18.6. The zero-order valence-electron chi connectivity index (χ0n) is 21.2. The van der Waals surface area contributed by atoms with Gasteiger partial charge in [0.25, 0.3) is 0 Å². The van der Waals surface area contributed by atoms with Crippen molar-refractivity contribution in [1.82, 2.24) is 0 Å². The molecule has 1 heterocycles. The van der Waals surface area contributed by atoms with E-state index < -0.39 is 46.9 Å². The second-order valence-corrected chi connectivity index (χ2v) is 10.5. The number of ketones is 3. The minimum Gasteiger partial charge on any atom is -0.505 e. The van der Waals surface area contributed by atoms with Crippen molar-refractivity contribution < 1.29 is 33.5 Å². The molecule has 4 atom stereocenters. The van der Waals surface area contributed by atoms with Crippen LogP contribution in [0.25, 0.3) is 0 Å². The molecule has 4 aliphatic rings. The Kier molecular flexibility index (Phi) is 5.61. The minimum atomic E-state index is -0.928. The van der Waals surface area contributed by atoms with Crippen molar-refractivity contribution in [3.63, 3.8) is 0 Å². The molecule has 0 bridgehead atoms. The van der Waals surface area contributed by atoms with Gasteiger partial charge in [0, 0.05) is 33.8 Å². The molecule has 2 aromatic carbocycles. The molecule has 196 valence electrons. The number of hydrogen-bond acceptors (Lipinski definition) is 6. The van der Waals surface area contributed by atoms with E-state index in [2.05, 4.69) is 0 Å². The molecule has 2 aromatic rings. The minimum absolute atomic E-state index is 0.0841. The van der Waals surface area contributed by atoms with Crippen molar-refractivity contribution in [3.05, 3.63) is 93.9 Å². The van der Waals surface area contributed by atoms with Crippen molar-refractivity contribution in [3.8, 4) is 5.75 Å². The predicted octanol–water partition coefficient (Wildman–Crippen LogP) is 4.37. The van der Waals surface area contributed by atoms with Crippen molar-refractivity contribution in [2.24, 2.45) is 17.8 Å². The molecule has 1 N–H and O–H groups in total. The van der Waals surface area contributed by atoms with Gasteiger partial charge in [-0.05, 0) is 69.0 Å². The molecule has 0 spiro atoms. The average Bonchev–Trinajstić information content (AvgIpc) is 3.17. The Bertz CT molecular complexity index is 1610. The van der Waals surface area contributed by atoms with Gasteiger partial charge in [0.1, 0.15) is 0 Å². The van der Waals surface area contributed by atoms with Crippen molar-refractivity contribution >= 4 is 34.9 Å². The lowest BCUT2D eigenvalue weighted by molar-refractivity contribution is -0.123. The molecule has 1 saturated heterocycles. The van der Waals surface area contributed by atoms with Gasteiger partial charge in [0.15, 0.2) is 28.9 Å². The molecule has 0 saturated carbocycles. The van der Waals surface area contributed by atoms with Crippen molar-refractivity contribution in [2.75, 3.05) is 4.90 Å². The number of rotatable bonds is 3. The highest BCUT2D eigenvalue weighted by molar-refractivity contribution is 6.25. The molecule has 4 unspecified atom stereocenters. The van der Waals surface area contributed by atoms with E-state index in [0.29, 0.717) is 16.8 Å². The normalized spacial score (nSPS) is 26.2. The Morgan fingerprint density at radius 3 is 2.41 bits per heavy atom. The molecule has 39 heavy (non-hydrogen) atoms. The van der Waals surface area contributed by atoms with E-state index in [-0.39, 0.29) is 52.6 Å². The number of carbonyl (C=O) groups is 5. The summed E-state index contributed by atoms with van der Waals surface area (Å²) in [6.45, 7) is 2.97. The van der Waals surface area contributed by atoms with Gasteiger partial charge >= 0.3 is 0 Å². The van der Waals surface area contributed by atoms with E-state index >= 15 is 0 Å². The fraction of sp³-hybridized carbons (Fsp3) is 0.258. The molecule has 1 aliphatic heterocycles. The average molecular weight is 526 g/mol. The third-order valence-corrected chi connectivity index (χ3v) is 8.42. The quantitative estimate of drug-likeness (QED) is 0.276. The number of allylic oxidation sites excluding steroid dienone is 6. The summed E-state index contributed by atoms with van der Waals surface area (Å²) in [5.74, 6) is -6.15. The van der Waals surface area contributed by atoms with Crippen LogP contribution in [0.5, 0.6) is 5.75 Å². The number of anilines is 1. The third kappa shape index (κ3) is 3.58. The fourth-order valence-electron chi connectivity index (χ4n) is 6.60. The number of nitrogens with zero attached hydrogens (tertiary/aromatic N) is 1. The Morgan fingerprint density at radius 1 is 1.00 bits per heavy atom. The van der Waals surface area contributed by atoms with Crippen LogP contribution in [0.2, 0.25) is 0 Å². The molecule has 8 heteroatoms. The monoisotopic (exact) mass is 525 g/mol. The zero-order valence-corrected chi connectivity index (χ0v) is 21.2. The van der Waals surface area contributed by atoms with Crippen LogP contribution in [0, 0.1) is 23.6 Å². The number of benzene rings is 2. The topological polar surface area (TPSA) is 109 Å². The summed E-state index contributed by atoms with van der Waals surface area (Å²) in [6.07, 6.45) is 3.37. The lowest BCUT2D eigenvalue weighted by atomic mass is 9.59. The maximum atomic E-state index is 14.5. The van der Waals surface area contributed by atoms with Gasteiger partial charge in [0.05, 0.1) is 17.5 Å². The number of aromatic hydroxyl groups is 1. The molecule has 0 aromatic heterocycles. The van der Waals surface area contributed by atoms with Crippen LogP contribution < -0.4 is 4.90 Å². The fourth-order valence-corrected chi connectivity index (χ4v) is 6.60. The molecule has 0 radical (unpaired) electrons. The Morgan fingerprint density at radius 2 is 1.72 bits per heavy atom. The van der Waals surface area contributed by atoms with E-state index in [0.717, 1.165) is 11.0 Å². The SMILES string of the molecule is CC(=O)c1ccc(N2C(=O)C3CC=C4C(c5cccc(F)c5O)C5=C(CC4C3C2=O)C(=O)C(C)=CC5=O)cc1. The van der Waals surface area contributed by atoms with E-state index in [1.165, 1.54) is 25.1 Å². The maximum absolute atomic E-state index is 14.5. The predicted molar refractivity (Wildman–Crippen MR) is 138 cm³/mol. The van der Waals surface area contributed by atoms with Gasteiger partial charge in [-0.1, -0.05) is 23.8 Å². The van der Waals surface area contributed by atoms with Gasteiger partial charge in [-0.3, -0.25) is 28.9 Å². The van der Waals surface area contributed by atoms with E-state index in [1.54, 1.807) is 37.3 Å². The summed E-state index contributed by atoms with van der Waals surface area (Å²) in [5.41, 5.74) is 2.25. The van der Waals surface area contributed by atoms with Gasteiger partial charge in [-0.15, -0.1) is 0 Å². The third-order valence-electron chi connectivity index (χ3n) is 8.42. The Hall–Kier alpha value is -4.46. The Labute approximate surface area is 223 Å². The summed E-state index contributed by atoms with van der Waals surface area (Å²) >= 11 is 0. The van der Waals surface area contributed by atoms with Crippen LogP contribution in [0.4, 0.5) is 10.1 Å². The standard InChI is InChI=1S/C31H24FNO6/c1-14-12-24(35)27-22(28(14)36)13-21-18(25(27)19-4-3-5-23(32)29(19)37)10-11-20-26(21)31(39)33(30(20)38)17-8-6-16(7-9-17)15(2)34/h3-10,12,20-21,25-26,37H,11,13H2,1-2H3. The molecular weight excluding hydrogens is 501 g/mol. The maximum Gasteiger partial charge on any atom is 0.238 e. The highest BCUT2D eigenvalue weighted by Gasteiger charge is 2.56. The summed E-state index contributed by atoms with van der Waals surface area (Å²) in [6, 6.07) is 10.3. The molecule has 1 fully saturated rings. The first-order valence-electron chi connectivity index (χ1n) is 12.8. The van der Waals surface area contributed by atoms with E-state index in [4.69, 9.17) is 0 Å². The van der Waals surface area contributed by atoms with E-state index in [9.17, 15) is 33.5 Å². The first-order valence-corrected chi connectivity index (χ1v) is 12.8. The summed E-state index contributed by atoms with van der Waals surface area (Å²) in [4.78, 5) is 66.8. The van der Waals surface area contributed by atoms with E-state index in [1.807, 2.05) is 0 Å². The van der Waals surface area contributed by atoms with Crippen LogP contribution >= 0.6 is 0 Å². The highest BCUT2D eigenvalue weighted by Crippen LogP contribution is 2.56. The van der Waals surface area contributed by atoms with Gasteiger partial charge < -0.3 is 5.11 Å². The molecule has 6 rings (SSSR count). The van der Waals surface area contributed by atoms with Crippen LogP contribution in [-0.4, -0.2) is 34.3 Å². The summed E-state index contributed by atoms with van der Waals surface area (Å²) in [7, 11) is 0. The number of amides is 2. The van der Waals surface area contributed by atoms with Gasteiger partial charge in [-0.25, -0.2) is 4.39 Å². The van der Waals surface area contributed by atoms with Crippen LogP contribution in [0.1, 0.15) is 48.5 Å². The van der Waals surface area contributed by atoms with Crippen LogP contribution in [0.15, 0.2) is 76.9 Å². The van der Waals surface area contributed by atoms with Gasteiger partial charge in [0.2, 0.25) is 11.8 Å². The summed E-state index contributed by atoms with van der Waals surface area (Å²) in [5, 5.41) is 10.7. The second-order valence-electron chi connectivity index (χ2n) is 10.5. The highest BCUT2D eigenvalue weighted by atomic mass is 19.1. The van der Waals surface area contributed by atoms with Crippen LogP contribution in [0.3, 0.4) is 0 Å². The lowest BCUT2D eigenvalue weighted by Gasteiger charge is -2.42. The number of hydrogen-bond donors (Lipinski definition) is 1. The number of halogens is 1. The van der Waals surface area contributed by atoms with Crippen molar-refractivity contribution in [2.45, 2.75) is 32.6 Å². The molecule has 2 amide bonds. The molecular formula is C31H24FNO6. The largest absolute Gasteiger partial charge is 0.505 e. The lowest BCUT2D eigenvalue weighted by Crippen LogP contribution is -2.39. The number of phenols is 1. The van der Waals surface area contributed by atoms with Gasteiger partial charge in [-0.2, -0.15) is 0 Å². The smallest absolute Gasteiger partial charge is 0.238 e. The van der Waals surface area contributed by atoms with Crippen molar-refractivity contribution in [1.29, 1.82) is 0 Å². The first kappa shape index (κ1) is 24.9. The Balaban J connectivity index is 1.47. The number of carbonyl (C=O) groups excluding carboxylic acids is 5.